The molecule has 2 unspecified atom stereocenters. The number of rotatable bonds is 8. The van der Waals surface area contributed by atoms with Crippen LogP contribution in [0.3, 0.4) is 0 Å². The van der Waals surface area contributed by atoms with Crippen LogP contribution >= 0.6 is 0 Å². The van der Waals surface area contributed by atoms with Crippen LogP contribution < -0.4 is 5.32 Å². The van der Waals surface area contributed by atoms with Crippen molar-refractivity contribution >= 4 is 12.1 Å². The molecule has 3 rings (SSSR count). The van der Waals surface area contributed by atoms with Gasteiger partial charge < -0.3 is 25.0 Å². The molecule has 7 nitrogen and oxygen atoms in total. The first-order chi connectivity index (χ1) is 14.7. The number of fused-ring (bicyclic) bond motifs is 3. The van der Waals surface area contributed by atoms with Gasteiger partial charge in [-0.3, -0.25) is 4.79 Å². The summed E-state index contributed by atoms with van der Waals surface area (Å²) in [7, 11) is 0. The number of nitrogens with one attached hydrogen (secondary N) is 1. The van der Waals surface area contributed by atoms with E-state index in [4.69, 9.17) is 14.6 Å². The lowest BCUT2D eigenvalue weighted by Crippen LogP contribution is -2.47. The highest BCUT2D eigenvalue weighted by Gasteiger charge is 2.31. The van der Waals surface area contributed by atoms with Crippen molar-refractivity contribution in [3.8, 4) is 11.1 Å². The number of ether oxygens (including phenoxy) is 2. The minimum absolute atomic E-state index is 0.0107. The SMILES string of the molecule is CC(C)(C)OC(O)C(CCC(=O)O)NC(=O)OCC1c2ccccc2-c2ccccc21. The first-order valence-corrected chi connectivity index (χ1v) is 10.3. The first kappa shape index (κ1) is 22.8. The van der Waals surface area contributed by atoms with Crippen molar-refractivity contribution in [1.29, 1.82) is 0 Å². The van der Waals surface area contributed by atoms with Gasteiger partial charge in [0.1, 0.15) is 6.61 Å². The Bertz CT molecular complexity index is 890. The molecule has 0 aliphatic heterocycles. The van der Waals surface area contributed by atoms with Crippen LogP contribution in [0.25, 0.3) is 11.1 Å². The largest absolute Gasteiger partial charge is 0.481 e. The Balaban J connectivity index is 1.67. The number of carbonyl (C=O) groups excluding carboxylic acids is 1. The van der Waals surface area contributed by atoms with Gasteiger partial charge in [-0.1, -0.05) is 48.5 Å². The van der Waals surface area contributed by atoms with Crippen LogP contribution in [0.5, 0.6) is 0 Å². The Morgan fingerprint density at radius 1 is 1.03 bits per heavy atom. The fourth-order valence-corrected chi connectivity index (χ4v) is 3.80. The minimum atomic E-state index is -1.36. The summed E-state index contributed by atoms with van der Waals surface area (Å²) < 4.78 is 11.0. The molecule has 1 aliphatic rings. The maximum atomic E-state index is 12.5. The van der Waals surface area contributed by atoms with E-state index in [2.05, 4.69) is 17.4 Å². The molecule has 3 N–H and O–H groups in total. The standard InChI is InChI=1S/C24H29NO6/c1-24(2,3)31-22(28)20(12-13-21(26)27)25-23(29)30-14-19-17-10-6-4-8-15(17)16-9-5-7-11-18(16)19/h4-11,19-20,22,28H,12-14H2,1-3H3,(H,25,29)(H,26,27). The summed E-state index contributed by atoms with van der Waals surface area (Å²) >= 11 is 0. The quantitative estimate of drug-likeness (QED) is 0.552. The molecule has 2 aromatic rings. The van der Waals surface area contributed by atoms with Crippen molar-refractivity contribution in [3.63, 3.8) is 0 Å². The van der Waals surface area contributed by atoms with E-state index in [1.165, 1.54) is 0 Å². The normalized spacial score (nSPS) is 15.0. The molecule has 166 valence electrons. The second kappa shape index (κ2) is 9.49. The highest BCUT2D eigenvalue weighted by atomic mass is 16.6. The number of aliphatic hydroxyl groups excluding tert-OH is 1. The van der Waals surface area contributed by atoms with Gasteiger partial charge in [0.05, 0.1) is 11.6 Å². The summed E-state index contributed by atoms with van der Waals surface area (Å²) in [6.45, 7) is 5.41. The maximum absolute atomic E-state index is 12.5. The topological polar surface area (TPSA) is 105 Å². The van der Waals surface area contributed by atoms with Crippen molar-refractivity contribution in [1.82, 2.24) is 5.32 Å². The molecular formula is C24H29NO6. The lowest BCUT2D eigenvalue weighted by atomic mass is 9.98. The zero-order valence-corrected chi connectivity index (χ0v) is 18.0. The Hall–Kier alpha value is -2.90. The number of hydrogen-bond acceptors (Lipinski definition) is 5. The summed E-state index contributed by atoms with van der Waals surface area (Å²) in [5, 5.41) is 21.9. The molecule has 31 heavy (non-hydrogen) atoms. The molecule has 0 saturated heterocycles. The lowest BCUT2D eigenvalue weighted by molar-refractivity contribution is -0.180. The number of carbonyl (C=O) groups is 2. The van der Waals surface area contributed by atoms with Crippen molar-refractivity contribution in [2.75, 3.05) is 6.61 Å². The molecule has 0 bridgehead atoms. The average molecular weight is 427 g/mol. The summed E-state index contributed by atoms with van der Waals surface area (Å²) in [5.41, 5.74) is 3.77. The van der Waals surface area contributed by atoms with Gasteiger partial charge in [0.25, 0.3) is 0 Å². The maximum Gasteiger partial charge on any atom is 0.407 e. The number of aliphatic hydroxyl groups is 1. The number of carboxylic acid groups (broad SMARTS) is 1. The molecule has 0 radical (unpaired) electrons. The molecule has 0 fully saturated rings. The lowest BCUT2D eigenvalue weighted by Gasteiger charge is -2.30. The van der Waals surface area contributed by atoms with Crippen LogP contribution in [0.4, 0.5) is 4.79 Å². The number of amides is 1. The molecule has 7 heteroatoms. The zero-order valence-electron chi connectivity index (χ0n) is 18.0. The molecule has 0 heterocycles. The van der Waals surface area contributed by atoms with Crippen LogP contribution in [0, 0.1) is 0 Å². The van der Waals surface area contributed by atoms with Crippen LogP contribution in [0.2, 0.25) is 0 Å². The van der Waals surface area contributed by atoms with E-state index in [0.717, 1.165) is 22.3 Å². The van der Waals surface area contributed by atoms with E-state index < -0.39 is 30.0 Å². The Labute approximate surface area is 182 Å². The third-order valence-electron chi connectivity index (χ3n) is 5.13. The van der Waals surface area contributed by atoms with E-state index in [-0.39, 0.29) is 25.4 Å². The van der Waals surface area contributed by atoms with Crippen molar-refractivity contribution in [2.24, 2.45) is 0 Å². The molecule has 1 aliphatic carbocycles. The molecule has 2 aromatic carbocycles. The number of benzene rings is 2. The molecule has 0 saturated carbocycles. The summed E-state index contributed by atoms with van der Waals surface area (Å²) in [4.78, 5) is 23.5. The Morgan fingerprint density at radius 2 is 1.58 bits per heavy atom. The fourth-order valence-electron chi connectivity index (χ4n) is 3.80. The predicted octanol–water partition coefficient (Wildman–Crippen LogP) is 3.89. The fraction of sp³-hybridized carbons (Fsp3) is 0.417. The monoisotopic (exact) mass is 427 g/mol. The van der Waals surface area contributed by atoms with Gasteiger partial charge in [0.2, 0.25) is 0 Å². The second-order valence-electron chi connectivity index (χ2n) is 8.63. The summed E-state index contributed by atoms with van der Waals surface area (Å²) in [5.74, 6) is -1.12. The van der Waals surface area contributed by atoms with Gasteiger partial charge in [0, 0.05) is 12.3 Å². The van der Waals surface area contributed by atoms with Gasteiger partial charge in [-0.2, -0.15) is 0 Å². The van der Waals surface area contributed by atoms with Crippen LogP contribution in [0.1, 0.15) is 50.7 Å². The number of carboxylic acids is 1. The van der Waals surface area contributed by atoms with E-state index in [0.29, 0.717) is 0 Å². The van der Waals surface area contributed by atoms with Gasteiger partial charge >= 0.3 is 12.1 Å². The van der Waals surface area contributed by atoms with Gasteiger partial charge in [-0.15, -0.1) is 0 Å². The van der Waals surface area contributed by atoms with Crippen molar-refractivity contribution in [3.05, 3.63) is 59.7 Å². The predicted molar refractivity (Wildman–Crippen MR) is 116 cm³/mol. The van der Waals surface area contributed by atoms with Crippen molar-refractivity contribution < 1.29 is 29.3 Å². The Morgan fingerprint density at radius 3 is 2.10 bits per heavy atom. The van der Waals surface area contributed by atoms with Gasteiger partial charge in [-0.25, -0.2) is 4.79 Å². The third kappa shape index (κ3) is 5.83. The molecule has 0 aromatic heterocycles. The van der Waals surface area contributed by atoms with Crippen LogP contribution in [-0.2, 0) is 14.3 Å². The van der Waals surface area contributed by atoms with Gasteiger partial charge in [0.15, 0.2) is 6.29 Å². The van der Waals surface area contributed by atoms with E-state index >= 15 is 0 Å². The highest BCUT2D eigenvalue weighted by molar-refractivity contribution is 5.79. The zero-order chi connectivity index (χ0) is 22.6. The summed E-state index contributed by atoms with van der Waals surface area (Å²) in [6, 6.07) is 15.1. The van der Waals surface area contributed by atoms with Gasteiger partial charge in [-0.05, 0) is 49.4 Å². The Kier molecular flexibility index (Phi) is 6.97. The minimum Gasteiger partial charge on any atom is -0.481 e. The average Bonchev–Trinajstić information content (AvgIpc) is 3.02. The van der Waals surface area contributed by atoms with E-state index in [1.54, 1.807) is 20.8 Å². The molecule has 0 spiro atoms. The number of alkyl carbamates (subject to hydrolysis) is 1. The van der Waals surface area contributed by atoms with E-state index in [9.17, 15) is 14.7 Å². The molecule has 1 amide bonds. The van der Waals surface area contributed by atoms with Crippen LogP contribution in [0.15, 0.2) is 48.5 Å². The smallest absolute Gasteiger partial charge is 0.407 e. The summed E-state index contributed by atoms with van der Waals surface area (Å²) in [6.07, 6.45) is -2.30. The van der Waals surface area contributed by atoms with E-state index in [1.807, 2.05) is 36.4 Å². The molecule has 2 atom stereocenters. The highest BCUT2D eigenvalue weighted by Crippen LogP contribution is 2.44. The number of hydrogen-bond donors (Lipinski definition) is 3. The van der Waals surface area contributed by atoms with Crippen LogP contribution in [-0.4, -0.2) is 46.8 Å². The third-order valence-corrected chi connectivity index (χ3v) is 5.13. The number of aliphatic carboxylic acids is 1. The first-order valence-electron chi connectivity index (χ1n) is 10.3. The van der Waals surface area contributed by atoms with Crippen molar-refractivity contribution in [2.45, 2.75) is 57.5 Å². The molecular weight excluding hydrogens is 398 g/mol. The second-order valence-corrected chi connectivity index (χ2v) is 8.63.